The van der Waals surface area contributed by atoms with E-state index in [-0.39, 0.29) is 11.1 Å². The van der Waals surface area contributed by atoms with Crippen LogP contribution in [0.2, 0.25) is 0 Å². The lowest BCUT2D eigenvalue weighted by Gasteiger charge is -2.22. The highest BCUT2D eigenvalue weighted by Gasteiger charge is 2.19. The van der Waals surface area contributed by atoms with E-state index in [1.165, 1.54) is 25.7 Å². The van der Waals surface area contributed by atoms with Gasteiger partial charge in [-0.05, 0) is 52.4 Å². The van der Waals surface area contributed by atoms with Gasteiger partial charge in [-0.25, -0.2) is 0 Å². The molecule has 0 fully saturated rings. The van der Waals surface area contributed by atoms with Gasteiger partial charge in [-0.1, -0.05) is 67.2 Å². The molecule has 0 aromatic rings. The van der Waals surface area contributed by atoms with Crippen LogP contribution in [0, 0.1) is 11.8 Å². The van der Waals surface area contributed by atoms with Crippen LogP contribution in [0.5, 0.6) is 0 Å². The minimum Gasteiger partial charge on any atom is -0.194 e. The lowest BCUT2D eigenvalue weighted by molar-refractivity contribution is 0.383. The van der Waals surface area contributed by atoms with E-state index < -0.39 is 0 Å². The van der Waals surface area contributed by atoms with Crippen molar-refractivity contribution >= 4 is 0 Å². The third-order valence-electron chi connectivity index (χ3n) is 4.60. The molecule has 0 bridgehead atoms. The first-order valence-electron chi connectivity index (χ1n) is 10.8. The number of nitrogens with zero attached hydrogens (tertiary/aromatic N) is 4. The van der Waals surface area contributed by atoms with E-state index in [2.05, 4.69) is 89.7 Å². The van der Waals surface area contributed by atoms with Crippen molar-refractivity contribution in [1.82, 2.24) is 0 Å². The lowest BCUT2D eigenvalue weighted by Crippen LogP contribution is -2.20. The molecule has 0 aliphatic rings. The molecule has 4 heteroatoms. The van der Waals surface area contributed by atoms with Gasteiger partial charge in [0.05, 0.1) is 24.2 Å². The van der Waals surface area contributed by atoms with Crippen LogP contribution in [0.15, 0.2) is 20.5 Å². The van der Waals surface area contributed by atoms with Crippen molar-refractivity contribution in [2.45, 2.75) is 119 Å². The second-order valence-corrected chi connectivity index (χ2v) is 9.00. The first-order valence-corrected chi connectivity index (χ1v) is 10.8. The first-order chi connectivity index (χ1) is 12.0. The van der Waals surface area contributed by atoms with Gasteiger partial charge in [-0.3, -0.25) is 0 Å². The summed E-state index contributed by atoms with van der Waals surface area (Å²) in [6.07, 6.45) is 6.95. The van der Waals surface area contributed by atoms with Gasteiger partial charge in [0.25, 0.3) is 0 Å². The molecular weight excluding hydrogens is 320 g/mol. The van der Waals surface area contributed by atoms with Crippen LogP contribution < -0.4 is 0 Å². The van der Waals surface area contributed by atoms with Gasteiger partial charge in [0.1, 0.15) is 0 Å². The molecule has 0 N–H and O–H groups in total. The van der Waals surface area contributed by atoms with Crippen molar-refractivity contribution in [3.05, 3.63) is 0 Å². The summed E-state index contributed by atoms with van der Waals surface area (Å²) in [6, 6.07) is 0. The van der Waals surface area contributed by atoms with Crippen LogP contribution in [0.1, 0.15) is 108 Å². The molecule has 4 nitrogen and oxygen atoms in total. The van der Waals surface area contributed by atoms with Gasteiger partial charge < -0.3 is 0 Å². The molecule has 0 radical (unpaired) electrons. The van der Waals surface area contributed by atoms with Crippen LogP contribution in [0.25, 0.3) is 0 Å². The third kappa shape index (κ3) is 18.0. The molecular formula is C22H48N4. The zero-order chi connectivity index (χ0) is 20.6. The largest absolute Gasteiger partial charge is 0.194 e. The minimum absolute atomic E-state index is 0.0137. The molecule has 2 unspecified atom stereocenters. The number of rotatable bonds is 12. The van der Waals surface area contributed by atoms with Gasteiger partial charge in [-0.15, -0.1) is 0 Å². The van der Waals surface area contributed by atoms with Gasteiger partial charge in [0.2, 0.25) is 0 Å². The fourth-order valence-corrected chi connectivity index (χ4v) is 2.25. The van der Waals surface area contributed by atoms with Crippen molar-refractivity contribution in [1.29, 1.82) is 0 Å². The van der Waals surface area contributed by atoms with Crippen molar-refractivity contribution < 1.29 is 0 Å². The molecule has 0 aromatic heterocycles. The topological polar surface area (TPSA) is 49.4 Å². The quantitative estimate of drug-likeness (QED) is 0.312. The Labute approximate surface area is 164 Å². The number of hydrogen-bond donors (Lipinski definition) is 0. The summed E-state index contributed by atoms with van der Waals surface area (Å²) < 4.78 is 0. The Morgan fingerprint density at radius 1 is 0.615 bits per heavy atom. The second kappa shape index (κ2) is 15.3. The minimum atomic E-state index is 0.0137. The molecule has 0 aliphatic carbocycles. The summed E-state index contributed by atoms with van der Waals surface area (Å²) >= 11 is 0. The maximum atomic E-state index is 4.46. The van der Waals surface area contributed by atoms with E-state index in [4.69, 9.17) is 0 Å². The average molecular weight is 369 g/mol. The van der Waals surface area contributed by atoms with Crippen molar-refractivity contribution in [2.24, 2.45) is 32.3 Å². The van der Waals surface area contributed by atoms with E-state index in [0.717, 1.165) is 25.9 Å². The molecule has 0 heterocycles. The van der Waals surface area contributed by atoms with Gasteiger partial charge in [0.15, 0.2) is 0 Å². The maximum absolute atomic E-state index is 4.46. The molecule has 26 heavy (non-hydrogen) atoms. The van der Waals surface area contributed by atoms with E-state index in [1.807, 2.05) is 0 Å². The summed E-state index contributed by atoms with van der Waals surface area (Å²) in [5.74, 6) is 1.37. The summed E-state index contributed by atoms with van der Waals surface area (Å²) in [4.78, 5) is 0. The van der Waals surface area contributed by atoms with Crippen LogP contribution in [0.3, 0.4) is 0 Å². The molecule has 0 saturated heterocycles. The average Bonchev–Trinajstić information content (AvgIpc) is 2.57. The predicted octanol–water partition coefficient (Wildman–Crippen LogP) is 8.13. The molecule has 0 amide bonds. The zero-order valence-corrected chi connectivity index (χ0v) is 19.6. The SMILES string of the molecule is CCC(C)CN=NCC(C)CC.CCCC(C)(C)N=NC(C)(C)CCC. The van der Waals surface area contributed by atoms with Crippen LogP contribution >= 0.6 is 0 Å². The highest BCUT2D eigenvalue weighted by Crippen LogP contribution is 2.22. The van der Waals surface area contributed by atoms with Crippen LogP contribution in [-0.2, 0) is 0 Å². The van der Waals surface area contributed by atoms with E-state index in [0.29, 0.717) is 11.8 Å². The van der Waals surface area contributed by atoms with Crippen LogP contribution in [-0.4, -0.2) is 24.2 Å². The van der Waals surface area contributed by atoms with Gasteiger partial charge in [-0.2, -0.15) is 20.5 Å². The molecule has 156 valence electrons. The van der Waals surface area contributed by atoms with E-state index in [9.17, 15) is 0 Å². The molecule has 2 atom stereocenters. The summed E-state index contributed by atoms with van der Waals surface area (Å²) in [5.41, 5.74) is 0.0273. The van der Waals surface area contributed by atoms with Crippen molar-refractivity contribution in [3.63, 3.8) is 0 Å². The Bertz CT molecular complexity index is 338. The third-order valence-corrected chi connectivity index (χ3v) is 4.60. The zero-order valence-electron chi connectivity index (χ0n) is 19.6. The summed E-state index contributed by atoms with van der Waals surface area (Å²) in [7, 11) is 0. The number of hydrogen-bond acceptors (Lipinski definition) is 4. The smallest absolute Gasteiger partial charge is 0.0760 e. The maximum Gasteiger partial charge on any atom is 0.0760 e. The second-order valence-electron chi connectivity index (χ2n) is 9.00. The fourth-order valence-electron chi connectivity index (χ4n) is 2.25. The molecule has 0 aliphatic heterocycles. The van der Waals surface area contributed by atoms with Gasteiger partial charge >= 0.3 is 0 Å². The fraction of sp³-hybridized carbons (Fsp3) is 1.00. The number of azo groups is 2. The summed E-state index contributed by atoms with van der Waals surface area (Å²) in [6.45, 7) is 23.6. The summed E-state index contributed by atoms with van der Waals surface area (Å²) in [5, 5.41) is 17.2. The Morgan fingerprint density at radius 2 is 0.923 bits per heavy atom. The molecule has 0 saturated carbocycles. The molecule has 0 aromatic carbocycles. The van der Waals surface area contributed by atoms with E-state index >= 15 is 0 Å². The van der Waals surface area contributed by atoms with Crippen molar-refractivity contribution in [2.75, 3.05) is 13.1 Å². The Kier molecular flexibility index (Phi) is 16.1. The Balaban J connectivity index is 0. The monoisotopic (exact) mass is 368 g/mol. The molecule has 0 spiro atoms. The standard InChI is InChI=1S/C12H26N2.C10H22N2/c1-7-9-11(3,4)13-14-12(5,6)10-8-2;1-5-9(3)7-11-12-8-10(4)6-2/h7-10H2,1-6H3;9-10H,5-8H2,1-4H3. The highest BCUT2D eigenvalue weighted by atomic mass is 15.2. The highest BCUT2D eigenvalue weighted by molar-refractivity contribution is 4.79. The lowest BCUT2D eigenvalue weighted by atomic mass is 9.99. The Hall–Kier alpha value is -0.800. The Morgan fingerprint density at radius 3 is 1.15 bits per heavy atom. The van der Waals surface area contributed by atoms with Gasteiger partial charge in [0, 0.05) is 0 Å². The normalized spacial score (nSPS) is 15.2. The first kappa shape index (κ1) is 27.4. The van der Waals surface area contributed by atoms with Crippen LogP contribution in [0.4, 0.5) is 0 Å². The predicted molar refractivity (Wildman–Crippen MR) is 116 cm³/mol. The van der Waals surface area contributed by atoms with E-state index in [1.54, 1.807) is 0 Å². The van der Waals surface area contributed by atoms with Crippen molar-refractivity contribution in [3.8, 4) is 0 Å². The molecule has 0 rings (SSSR count).